The van der Waals surface area contributed by atoms with Gasteiger partial charge in [-0.25, -0.2) is 4.79 Å². The Bertz CT molecular complexity index is 500. The lowest BCUT2D eigenvalue weighted by atomic mass is 10.1. The summed E-state index contributed by atoms with van der Waals surface area (Å²) in [5, 5.41) is 9.59. The standard InChI is InChI=1S/C17H32NO4PS3/c1-7-9-10-15(16(19)20)18(17(21)24-11-8-2)12-23(22,25-13(3)4)26-14(5)6/h8,13-15H,2,7,9-12H2,1,3-6H3,(H,19,20). The fourth-order valence-electron chi connectivity index (χ4n) is 2.23. The smallest absolute Gasteiger partial charge is 0.326 e. The number of aliphatic carboxylic acids is 1. The third-order valence-corrected chi connectivity index (χ3v) is 12.8. The zero-order valence-electron chi connectivity index (χ0n) is 16.3. The first-order chi connectivity index (χ1) is 12.1. The van der Waals surface area contributed by atoms with Crippen LogP contribution >= 0.6 is 40.1 Å². The Morgan fingerprint density at radius 1 is 1.19 bits per heavy atom. The predicted molar refractivity (Wildman–Crippen MR) is 119 cm³/mol. The fraction of sp³-hybridized carbons (Fsp3) is 0.765. The first-order valence-electron chi connectivity index (χ1n) is 8.79. The summed E-state index contributed by atoms with van der Waals surface area (Å²) in [4.78, 5) is 25.8. The molecule has 0 aliphatic carbocycles. The van der Waals surface area contributed by atoms with Crippen molar-refractivity contribution >= 4 is 51.3 Å². The predicted octanol–water partition coefficient (Wildman–Crippen LogP) is 6.40. The van der Waals surface area contributed by atoms with Crippen LogP contribution in [-0.4, -0.2) is 49.8 Å². The zero-order valence-corrected chi connectivity index (χ0v) is 19.7. The van der Waals surface area contributed by atoms with Crippen LogP contribution in [0.4, 0.5) is 4.79 Å². The van der Waals surface area contributed by atoms with E-state index in [1.807, 2.05) is 34.6 Å². The monoisotopic (exact) mass is 441 g/mol. The summed E-state index contributed by atoms with van der Waals surface area (Å²) in [6, 6.07) is -0.950. The summed E-state index contributed by atoms with van der Waals surface area (Å²) in [5.74, 6) is -0.643. The molecule has 0 aliphatic heterocycles. The van der Waals surface area contributed by atoms with Crippen molar-refractivity contribution < 1.29 is 19.3 Å². The van der Waals surface area contributed by atoms with E-state index in [1.165, 1.54) is 27.7 Å². The van der Waals surface area contributed by atoms with Crippen LogP contribution in [0.25, 0.3) is 0 Å². The molecule has 0 aromatic carbocycles. The van der Waals surface area contributed by atoms with Crippen LogP contribution in [-0.2, 0) is 9.36 Å². The van der Waals surface area contributed by atoms with E-state index in [0.717, 1.165) is 18.2 Å². The lowest BCUT2D eigenvalue weighted by Crippen LogP contribution is -2.43. The molecule has 5 nitrogen and oxygen atoms in total. The largest absolute Gasteiger partial charge is 0.480 e. The number of nitrogens with zero attached hydrogens (tertiary/aromatic N) is 1. The van der Waals surface area contributed by atoms with Gasteiger partial charge in [-0.2, -0.15) is 0 Å². The van der Waals surface area contributed by atoms with E-state index in [-0.39, 0.29) is 22.0 Å². The van der Waals surface area contributed by atoms with Gasteiger partial charge in [-0.15, -0.1) is 6.58 Å². The van der Waals surface area contributed by atoms with Crippen molar-refractivity contribution in [3.05, 3.63) is 12.7 Å². The van der Waals surface area contributed by atoms with Crippen molar-refractivity contribution in [1.82, 2.24) is 4.90 Å². The number of hydrogen-bond acceptors (Lipinski definition) is 6. The number of rotatable bonds is 13. The second-order valence-electron chi connectivity index (χ2n) is 6.39. The van der Waals surface area contributed by atoms with Crippen LogP contribution in [0.3, 0.4) is 0 Å². The maximum Gasteiger partial charge on any atom is 0.326 e. The first-order valence-corrected chi connectivity index (χ1v) is 14.6. The SMILES string of the molecule is C=CCSC(=O)N(CP(=O)(SC(C)C)SC(C)C)C(CCCC)C(=O)O. The summed E-state index contributed by atoms with van der Waals surface area (Å²) in [7, 11) is 0. The minimum absolute atomic E-state index is 0.0254. The number of carboxylic acid groups (broad SMARTS) is 1. The van der Waals surface area contributed by atoms with Crippen LogP contribution in [0.5, 0.6) is 0 Å². The number of carboxylic acids is 1. The summed E-state index contributed by atoms with van der Waals surface area (Å²) < 4.78 is 13.5. The molecule has 1 unspecified atom stereocenters. The molecule has 0 rings (SSSR count). The summed E-state index contributed by atoms with van der Waals surface area (Å²) in [6.07, 6.45) is 3.48. The van der Waals surface area contributed by atoms with Crippen LogP contribution in [0.1, 0.15) is 53.9 Å². The van der Waals surface area contributed by atoms with Crippen LogP contribution < -0.4 is 0 Å². The van der Waals surface area contributed by atoms with Gasteiger partial charge in [-0.3, -0.25) is 9.36 Å². The van der Waals surface area contributed by atoms with Gasteiger partial charge < -0.3 is 10.0 Å². The number of unbranched alkanes of at least 4 members (excludes halogenated alkanes) is 1. The Labute approximate surface area is 170 Å². The molecule has 1 atom stereocenters. The molecule has 1 N–H and O–H groups in total. The average Bonchev–Trinajstić information content (AvgIpc) is 2.49. The number of carbonyl (C=O) groups excluding carboxylic acids is 1. The van der Waals surface area contributed by atoms with Crippen LogP contribution in [0.2, 0.25) is 0 Å². The molecule has 0 aromatic heterocycles. The van der Waals surface area contributed by atoms with Gasteiger partial charge in [0.2, 0.25) is 5.55 Å². The lowest BCUT2D eigenvalue weighted by Gasteiger charge is -2.32. The van der Waals surface area contributed by atoms with Crippen molar-refractivity contribution in [2.24, 2.45) is 0 Å². The third kappa shape index (κ3) is 10.3. The average molecular weight is 442 g/mol. The zero-order chi connectivity index (χ0) is 20.3. The van der Waals surface area contributed by atoms with Crippen molar-refractivity contribution in [3.63, 3.8) is 0 Å². The highest BCUT2D eigenvalue weighted by molar-refractivity contribution is 8.90. The molecule has 0 spiro atoms. The van der Waals surface area contributed by atoms with Gasteiger partial charge >= 0.3 is 5.97 Å². The molecule has 1 amide bonds. The highest BCUT2D eigenvalue weighted by Gasteiger charge is 2.37. The Morgan fingerprint density at radius 3 is 2.12 bits per heavy atom. The number of thioether (sulfide) groups is 1. The molecular formula is C17H32NO4PS3. The summed E-state index contributed by atoms with van der Waals surface area (Å²) >= 11 is 3.72. The Balaban J connectivity index is 5.70. The lowest BCUT2D eigenvalue weighted by molar-refractivity contribution is -0.142. The Hall–Kier alpha value is -0.0400. The molecule has 0 heterocycles. The molecule has 0 saturated heterocycles. The van der Waals surface area contributed by atoms with Gasteiger partial charge in [0, 0.05) is 16.3 Å². The van der Waals surface area contributed by atoms with E-state index < -0.39 is 17.6 Å². The van der Waals surface area contributed by atoms with E-state index in [0.29, 0.717) is 18.6 Å². The van der Waals surface area contributed by atoms with E-state index >= 15 is 0 Å². The second-order valence-corrected chi connectivity index (χ2v) is 16.7. The Kier molecular flexibility index (Phi) is 13.2. The first kappa shape index (κ1) is 26.0. The molecule has 0 aromatic rings. The maximum atomic E-state index is 13.5. The molecule has 0 radical (unpaired) electrons. The minimum atomic E-state index is -2.86. The van der Waals surface area contributed by atoms with E-state index in [9.17, 15) is 19.3 Å². The molecule has 0 aliphatic rings. The number of amides is 1. The molecule has 0 saturated carbocycles. The van der Waals surface area contributed by atoms with Gasteiger partial charge in [-0.1, -0.05) is 88.1 Å². The molecular weight excluding hydrogens is 409 g/mol. The quantitative estimate of drug-likeness (QED) is 0.262. The fourth-order valence-corrected chi connectivity index (χ4v) is 13.8. The minimum Gasteiger partial charge on any atom is -0.480 e. The van der Waals surface area contributed by atoms with Crippen molar-refractivity contribution in [2.75, 3.05) is 12.0 Å². The maximum absolute atomic E-state index is 13.5. The second kappa shape index (κ2) is 13.2. The number of carbonyl (C=O) groups is 2. The molecule has 26 heavy (non-hydrogen) atoms. The summed E-state index contributed by atoms with van der Waals surface area (Å²) in [6.45, 7) is 13.4. The van der Waals surface area contributed by atoms with Gasteiger partial charge in [-0.05, 0) is 6.42 Å². The number of hydrogen-bond donors (Lipinski definition) is 1. The molecule has 0 fully saturated rings. The van der Waals surface area contributed by atoms with Gasteiger partial charge in [0.05, 0.1) is 6.29 Å². The summed E-state index contributed by atoms with van der Waals surface area (Å²) in [5.41, 5.74) is -2.86. The molecule has 9 heteroatoms. The highest BCUT2D eigenvalue weighted by atomic mass is 33.1. The van der Waals surface area contributed by atoms with E-state index in [1.54, 1.807) is 6.08 Å². The van der Waals surface area contributed by atoms with Crippen molar-refractivity contribution in [1.29, 1.82) is 0 Å². The highest BCUT2D eigenvalue weighted by Crippen LogP contribution is 2.71. The molecule has 0 bridgehead atoms. The van der Waals surface area contributed by atoms with E-state index in [2.05, 4.69) is 6.58 Å². The normalized spacial score (nSPS) is 13.0. The topological polar surface area (TPSA) is 74.7 Å². The van der Waals surface area contributed by atoms with Gasteiger partial charge in [0.1, 0.15) is 6.04 Å². The Morgan fingerprint density at radius 2 is 1.73 bits per heavy atom. The van der Waals surface area contributed by atoms with Crippen molar-refractivity contribution in [2.45, 2.75) is 70.4 Å². The molecule has 152 valence electrons. The van der Waals surface area contributed by atoms with E-state index in [4.69, 9.17) is 0 Å². The van der Waals surface area contributed by atoms with Crippen LogP contribution in [0, 0.1) is 0 Å². The van der Waals surface area contributed by atoms with Crippen molar-refractivity contribution in [3.8, 4) is 0 Å². The van der Waals surface area contributed by atoms with Crippen LogP contribution in [0.15, 0.2) is 12.7 Å². The van der Waals surface area contributed by atoms with Gasteiger partial charge in [0.25, 0.3) is 5.24 Å². The third-order valence-electron chi connectivity index (χ3n) is 3.12. The van der Waals surface area contributed by atoms with Gasteiger partial charge in [0.15, 0.2) is 0 Å².